The van der Waals surface area contributed by atoms with E-state index in [1.54, 1.807) is 11.0 Å². The van der Waals surface area contributed by atoms with Gasteiger partial charge in [-0.05, 0) is 48.6 Å². The van der Waals surface area contributed by atoms with Crippen molar-refractivity contribution in [1.29, 1.82) is 0 Å². The summed E-state index contributed by atoms with van der Waals surface area (Å²) >= 11 is 0. The molecule has 47 heavy (non-hydrogen) atoms. The Morgan fingerprint density at radius 1 is 0.851 bits per heavy atom. The molecule has 2 amide bonds. The maximum atomic E-state index is 13.7. The number of benzene rings is 3. The smallest absolute Gasteiger partial charge is 0.481 e. The minimum Gasteiger partial charge on any atom is -0.481 e. The topological polar surface area (TPSA) is 139 Å². The number of carboxylic acids is 2. The standard InChI is InChI=1S/C32H38N4O4.C2HF3O2/c37-30(34-28(23-31(38)39)15-14-25-8-3-1-4-9-25)24-36(19-16-26-10-5-2-6-11-26)32(40)27-12-7-13-29(22-27)35-20-17-33-18-21-35;3-2(4,5)1(6)7/h1-13,22,28,33H,14-21,23-24H2,(H,34,37)(H,38,39);(H,6,7)/t28-;/m1./s1. The number of carbonyl (C=O) groups is 4. The van der Waals surface area contributed by atoms with Gasteiger partial charge in [0.1, 0.15) is 0 Å². The molecule has 13 heteroatoms. The zero-order valence-corrected chi connectivity index (χ0v) is 25.8. The number of aryl methyl sites for hydroxylation is 1. The highest BCUT2D eigenvalue weighted by Crippen LogP contribution is 2.19. The Morgan fingerprint density at radius 3 is 1.98 bits per heavy atom. The molecular formula is C34H39F3N4O6. The molecule has 3 aromatic rings. The number of aliphatic carboxylic acids is 2. The van der Waals surface area contributed by atoms with Gasteiger partial charge in [-0.2, -0.15) is 13.2 Å². The second kappa shape index (κ2) is 18.3. The molecule has 10 nitrogen and oxygen atoms in total. The molecule has 1 aliphatic heterocycles. The molecule has 0 saturated carbocycles. The number of piperazine rings is 1. The Kier molecular flexibility index (Phi) is 14.2. The predicted octanol–water partition coefficient (Wildman–Crippen LogP) is 4.01. The summed E-state index contributed by atoms with van der Waals surface area (Å²) in [6.45, 7) is 3.73. The molecule has 0 unspecified atom stereocenters. The third-order valence-corrected chi connectivity index (χ3v) is 7.36. The Bertz CT molecular complexity index is 1450. The number of carbonyl (C=O) groups excluding carboxylic acids is 2. The highest BCUT2D eigenvalue weighted by atomic mass is 19.4. The first-order valence-electron chi connectivity index (χ1n) is 15.2. The normalized spacial score (nSPS) is 13.5. The van der Waals surface area contributed by atoms with Crippen molar-refractivity contribution in [3.05, 3.63) is 102 Å². The van der Waals surface area contributed by atoms with Crippen LogP contribution in [0.25, 0.3) is 0 Å². The van der Waals surface area contributed by atoms with Crippen molar-refractivity contribution in [2.45, 2.75) is 37.9 Å². The average Bonchev–Trinajstić information content (AvgIpc) is 3.06. The third kappa shape index (κ3) is 13.2. The summed E-state index contributed by atoms with van der Waals surface area (Å²) in [6, 6.07) is 26.7. The zero-order valence-electron chi connectivity index (χ0n) is 25.8. The van der Waals surface area contributed by atoms with Gasteiger partial charge in [0, 0.05) is 50.0 Å². The lowest BCUT2D eigenvalue weighted by Crippen LogP contribution is -2.45. The number of carboxylic acid groups (broad SMARTS) is 2. The summed E-state index contributed by atoms with van der Waals surface area (Å²) < 4.78 is 31.7. The van der Waals surface area contributed by atoms with Crippen molar-refractivity contribution in [2.75, 3.05) is 44.2 Å². The Balaban J connectivity index is 0.000000771. The van der Waals surface area contributed by atoms with Crippen LogP contribution in [0.15, 0.2) is 84.9 Å². The van der Waals surface area contributed by atoms with E-state index in [9.17, 15) is 32.7 Å². The lowest BCUT2D eigenvalue weighted by molar-refractivity contribution is -0.192. The van der Waals surface area contributed by atoms with Crippen molar-refractivity contribution >= 4 is 29.4 Å². The van der Waals surface area contributed by atoms with E-state index < -0.39 is 24.2 Å². The number of hydrogen-bond donors (Lipinski definition) is 4. The van der Waals surface area contributed by atoms with Crippen molar-refractivity contribution in [3.63, 3.8) is 0 Å². The van der Waals surface area contributed by atoms with Gasteiger partial charge < -0.3 is 30.6 Å². The van der Waals surface area contributed by atoms with Crippen molar-refractivity contribution in [2.24, 2.45) is 0 Å². The van der Waals surface area contributed by atoms with E-state index in [4.69, 9.17) is 9.90 Å². The molecule has 0 spiro atoms. The Labute approximate surface area is 271 Å². The first kappa shape index (κ1) is 36.6. The quantitative estimate of drug-likeness (QED) is 0.217. The molecule has 0 bridgehead atoms. The molecular weight excluding hydrogens is 617 g/mol. The van der Waals surface area contributed by atoms with E-state index in [0.717, 1.165) is 43.0 Å². The fourth-order valence-electron chi connectivity index (χ4n) is 4.97. The van der Waals surface area contributed by atoms with Crippen LogP contribution >= 0.6 is 0 Å². The molecule has 1 aliphatic rings. The van der Waals surface area contributed by atoms with Crippen LogP contribution in [-0.4, -0.2) is 90.4 Å². The van der Waals surface area contributed by atoms with E-state index >= 15 is 0 Å². The number of nitrogens with one attached hydrogen (secondary N) is 2. The number of halogens is 3. The number of amides is 2. The molecule has 1 saturated heterocycles. The number of alkyl halides is 3. The number of nitrogens with zero attached hydrogens (tertiary/aromatic N) is 2. The molecule has 1 heterocycles. The minimum absolute atomic E-state index is 0.148. The molecule has 4 N–H and O–H groups in total. The van der Waals surface area contributed by atoms with Gasteiger partial charge in [-0.3, -0.25) is 14.4 Å². The van der Waals surface area contributed by atoms with Crippen molar-refractivity contribution in [3.8, 4) is 0 Å². The third-order valence-electron chi connectivity index (χ3n) is 7.36. The highest BCUT2D eigenvalue weighted by molar-refractivity contribution is 5.97. The lowest BCUT2D eigenvalue weighted by Gasteiger charge is -2.30. The van der Waals surface area contributed by atoms with Gasteiger partial charge in [-0.1, -0.05) is 66.7 Å². The van der Waals surface area contributed by atoms with Crippen LogP contribution in [0.1, 0.15) is 34.3 Å². The van der Waals surface area contributed by atoms with Crippen LogP contribution < -0.4 is 15.5 Å². The monoisotopic (exact) mass is 656 g/mol. The molecule has 0 radical (unpaired) electrons. The summed E-state index contributed by atoms with van der Waals surface area (Å²) in [5.41, 5.74) is 3.67. The second-order valence-corrected chi connectivity index (χ2v) is 10.9. The van der Waals surface area contributed by atoms with E-state index in [1.807, 2.05) is 78.9 Å². The van der Waals surface area contributed by atoms with E-state index in [1.165, 1.54) is 0 Å². The lowest BCUT2D eigenvalue weighted by atomic mass is 10.0. The fourth-order valence-corrected chi connectivity index (χ4v) is 4.97. The molecule has 1 atom stereocenters. The molecule has 0 aromatic heterocycles. The van der Waals surface area contributed by atoms with E-state index in [-0.39, 0.29) is 24.8 Å². The van der Waals surface area contributed by atoms with E-state index in [2.05, 4.69) is 15.5 Å². The molecule has 0 aliphatic carbocycles. The zero-order chi connectivity index (χ0) is 34.2. The van der Waals surface area contributed by atoms with Gasteiger partial charge in [-0.25, -0.2) is 4.79 Å². The number of rotatable bonds is 13. The van der Waals surface area contributed by atoms with Gasteiger partial charge in [0.25, 0.3) is 5.91 Å². The fraction of sp³-hybridized carbons (Fsp3) is 0.353. The van der Waals surface area contributed by atoms with Crippen molar-refractivity contribution in [1.82, 2.24) is 15.5 Å². The summed E-state index contributed by atoms with van der Waals surface area (Å²) in [5, 5.41) is 22.8. The average molecular weight is 657 g/mol. The van der Waals surface area contributed by atoms with Gasteiger partial charge in [0.05, 0.1) is 13.0 Å². The van der Waals surface area contributed by atoms with Crippen LogP contribution in [0.2, 0.25) is 0 Å². The Morgan fingerprint density at radius 2 is 1.43 bits per heavy atom. The number of hydrogen-bond acceptors (Lipinski definition) is 6. The summed E-state index contributed by atoms with van der Waals surface area (Å²) in [5.74, 6) is -4.31. The molecule has 3 aromatic carbocycles. The summed E-state index contributed by atoms with van der Waals surface area (Å²) in [4.78, 5) is 51.2. The van der Waals surface area contributed by atoms with Gasteiger partial charge >= 0.3 is 18.1 Å². The largest absolute Gasteiger partial charge is 0.490 e. The number of anilines is 1. The predicted molar refractivity (Wildman–Crippen MR) is 170 cm³/mol. The molecule has 1 fully saturated rings. The summed E-state index contributed by atoms with van der Waals surface area (Å²) in [7, 11) is 0. The second-order valence-electron chi connectivity index (χ2n) is 10.9. The van der Waals surface area contributed by atoms with Crippen LogP contribution in [0.3, 0.4) is 0 Å². The SMILES string of the molecule is O=C(O)C(F)(F)F.O=C(O)C[C@@H](CCc1ccccc1)NC(=O)CN(CCc1ccccc1)C(=O)c1cccc(N2CCNCC2)c1. The summed E-state index contributed by atoms with van der Waals surface area (Å²) in [6.07, 6.45) is -3.52. The molecule has 4 rings (SSSR count). The van der Waals surface area contributed by atoms with Crippen molar-refractivity contribution < 1.29 is 42.6 Å². The minimum atomic E-state index is -5.08. The van der Waals surface area contributed by atoms with Crippen LogP contribution in [0.4, 0.5) is 18.9 Å². The van der Waals surface area contributed by atoms with Gasteiger partial charge in [0.2, 0.25) is 5.91 Å². The first-order chi connectivity index (χ1) is 22.4. The molecule has 252 valence electrons. The highest BCUT2D eigenvalue weighted by Gasteiger charge is 2.38. The maximum absolute atomic E-state index is 13.7. The van der Waals surface area contributed by atoms with Gasteiger partial charge in [-0.15, -0.1) is 0 Å². The van der Waals surface area contributed by atoms with Gasteiger partial charge in [0.15, 0.2) is 0 Å². The maximum Gasteiger partial charge on any atom is 0.490 e. The van der Waals surface area contributed by atoms with Crippen LogP contribution in [0, 0.1) is 0 Å². The van der Waals surface area contributed by atoms with Crippen LogP contribution in [-0.2, 0) is 27.2 Å². The first-order valence-corrected chi connectivity index (χ1v) is 15.2. The Hall–Kier alpha value is -4.91. The van der Waals surface area contributed by atoms with Crippen LogP contribution in [0.5, 0.6) is 0 Å². The van der Waals surface area contributed by atoms with E-state index in [0.29, 0.717) is 31.4 Å².